The number of alkyl halides is 9. The summed E-state index contributed by atoms with van der Waals surface area (Å²) in [5.41, 5.74) is -6.17. The van der Waals surface area contributed by atoms with E-state index in [0.717, 1.165) is 5.56 Å². The van der Waals surface area contributed by atoms with E-state index >= 15 is 0 Å². The lowest BCUT2D eigenvalue weighted by molar-refractivity contribution is -0.376. The van der Waals surface area contributed by atoms with Gasteiger partial charge in [-0.05, 0) is 43.1 Å². The van der Waals surface area contributed by atoms with Crippen molar-refractivity contribution in [1.29, 1.82) is 0 Å². The smallest absolute Gasteiger partial charge is 0.369 e. The minimum atomic E-state index is -6.09. The van der Waals surface area contributed by atoms with Crippen molar-refractivity contribution in [2.24, 2.45) is 0 Å². The molecular formula is C18H14F9NOS. The Kier molecular flexibility index (Phi) is 6.62. The molecule has 12 heteroatoms. The first-order chi connectivity index (χ1) is 13.5. The highest BCUT2D eigenvalue weighted by Gasteiger charge is 2.71. The molecule has 1 N–H and O–H groups in total. The second kappa shape index (κ2) is 8.22. The summed E-state index contributed by atoms with van der Waals surface area (Å²) in [6.07, 6.45) is -16.9. The minimum absolute atomic E-state index is 0.298. The van der Waals surface area contributed by atoms with Gasteiger partial charge in [0.15, 0.2) is 0 Å². The van der Waals surface area contributed by atoms with Gasteiger partial charge >= 0.3 is 18.5 Å². The molecule has 0 aromatic heterocycles. The van der Waals surface area contributed by atoms with Gasteiger partial charge in [-0.25, -0.2) is 0 Å². The normalized spacial score (nSPS) is 13.4. The largest absolute Gasteiger partial charge is 0.430 e. The zero-order valence-corrected chi connectivity index (χ0v) is 15.8. The summed E-state index contributed by atoms with van der Waals surface area (Å²) in [5, 5.41) is 9.38. The Hall–Kier alpha value is -2.08. The molecule has 166 valence electrons. The second-order valence-electron chi connectivity index (χ2n) is 6.31. The number of rotatable bonds is 5. The average Bonchev–Trinajstić information content (AvgIpc) is 2.59. The Balaban J connectivity index is 2.42. The molecule has 0 radical (unpaired) electrons. The Morgan fingerprint density at radius 1 is 0.767 bits per heavy atom. The van der Waals surface area contributed by atoms with E-state index in [1.165, 1.54) is 12.1 Å². The molecule has 2 aromatic rings. The number of halogens is 9. The van der Waals surface area contributed by atoms with E-state index in [9.17, 15) is 44.6 Å². The number of benzene rings is 2. The van der Waals surface area contributed by atoms with Crippen LogP contribution in [0.4, 0.5) is 45.2 Å². The third-order valence-electron chi connectivity index (χ3n) is 3.95. The van der Waals surface area contributed by atoms with Gasteiger partial charge in [0, 0.05) is 16.1 Å². The van der Waals surface area contributed by atoms with Crippen LogP contribution in [0.2, 0.25) is 0 Å². The molecule has 0 atom stereocenters. The van der Waals surface area contributed by atoms with E-state index in [0.29, 0.717) is 45.4 Å². The molecule has 0 aliphatic heterocycles. The first-order valence-electron chi connectivity index (χ1n) is 8.10. The molecule has 0 heterocycles. The fourth-order valence-corrected chi connectivity index (χ4v) is 3.37. The maximum Gasteiger partial charge on any atom is 0.430 e. The fraction of sp³-hybridized carbons (Fsp3) is 0.333. The van der Waals surface area contributed by atoms with Gasteiger partial charge in [-0.2, -0.15) is 39.5 Å². The molecule has 0 aliphatic rings. The van der Waals surface area contributed by atoms with Gasteiger partial charge in [-0.15, -0.1) is 0 Å². The molecule has 0 saturated carbocycles. The van der Waals surface area contributed by atoms with E-state index < -0.39 is 36.2 Å². The van der Waals surface area contributed by atoms with Crippen LogP contribution >= 0.6 is 11.9 Å². The predicted octanol–water partition coefficient (Wildman–Crippen LogP) is 6.38. The van der Waals surface area contributed by atoms with Crippen LogP contribution in [0.25, 0.3) is 0 Å². The molecule has 0 fully saturated rings. The molecule has 2 nitrogen and oxygen atoms in total. The number of hydrogen-bond donors (Lipinski definition) is 1. The molecule has 2 aromatic carbocycles. The Labute approximate surface area is 169 Å². The van der Waals surface area contributed by atoms with Crippen molar-refractivity contribution in [2.75, 3.05) is 10.8 Å². The maximum absolute atomic E-state index is 13.0. The fourth-order valence-electron chi connectivity index (χ4n) is 2.42. The maximum atomic E-state index is 13.0. The van der Waals surface area contributed by atoms with Crippen molar-refractivity contribution >= 4 is 17.6 Å². The van der Waals surface area contributed by atoms with Crippen LogP contribution < -0.4 is 4.31 Å². The molecule has 0 saturated heterocycles. The van der Waals surface area contributed by atoms with Gasteiger partial charge in [-0.3, -0.25) is 0 Å². The lowest BCUT2D eigenvalue weighted by Crippen LogP contribution is -2.53. The van der Waals surface area contributed by atoms with Gasteiger partial charge in [0.25, 0.3) is 5.60 Å². The van der Waals surface area contributed by atoms with E-state index in [4.69, 9.17) is 0 Å². The van der Waals surface area contributed by atoms with Crippen LogP contribution in [-0.2, 0) is 5.60 Å². The Morgan fingerprint density at radius 3 is 1.63 bits per heavy atom. The molecule has 0 unspecified atom stereocenters. The van der Waals surface area contributed by atoms with Crippen molar-refractivity contribution in [1.82, 2.24) is 0 Å². The van der Waals surface area contributed by atoms with Crippen LogP contribution in [0.1, 0.15) is 11.1 Å². The third kappa shape index (κ3) is 5.34. The molecule has 0 bridgehead atoms. The quantitative estimate of drug-likeness (QED) is 0.411. The monoisotopic (exact) mass is 463 g/mol. The van der Waals surface area contributed by atoms with Crippen molar-refractivity contribution < 1.29 is 44.6 Å². The van der Waals surface area contributed by atoms with E-state index in [-0.39, 0.29) is 5.69 Å². The molecule has 0 aliphatic carbocycles. The van der Waals surface area contributed by atoms with Gasteiger partial charge < -0.3 is 9.41 Å². The van der Waals surface area contributed by atoms with Gasteiger partial charge in [0.05, 0.1) is 0 Å². The summed E-state index contributed by atoms with van der Waals surface area (Å²) in [4.78, 5) is 0.371. The Morgan fingerprint density at radius 2 is 1.23 bits per heavy atom. The summed E-state index contributed by atoms with van der Waals surface area (Å²) < 4.78 is 117. The molecular weight excluding hydrogens is 449 g/mol. The highest BCUT2D eigenvalue weighted by atomic mass is 32.2. The first kappa shape index (κ1) is 24.2. The van der Waals surface area contributed by atoms with Crippen LogP contribution in [-0.4, -0.2) is 30.2 Å². The minimum Gasteiger partial charge on any atom is -0.369 e. The summed E-state index contributed by atoms with van der Waals surface area (Å²) in [6.45, 7) is 0.233. The number of aliphatic hydroxyl groups is 1. The highest BCUT2D eigenvalue weighted by molar-refractivity contribution is 8.00. The number of hydrogen-bond acceptors (Lipinski definition) is 3. The van der Waals surface area contributed by atoms with Crippen LogP contribution in [0.5, 0.6) is 0 Å². The predicted molar refractivity (Wildman–Crippen MR) is 92.9 cm³/mol. The highest BCUT2D eigenvalue weighted by Crippen LogP contribution is 2.50. The standard InChI is InChI=1S/C18H14F9NOS/c1-11-2-8-14(9-3-11)30-28(10-15(19,20)21)13-6-4-12(5-7-13)16(29,17(22,23)24)18(25,26)27/h2-9,29H,10H2,1H3. The summed E-state index contributed by atoms with van der Waals surface area (Å²) in [6, 6.07) is 8.21. The third-order valence-corrected chi connectivity index (χ3v) is 5.00. The molecule has 30 heavy (non-hydrogen) atoms. The summed E-state index contributed by atoms with van der Waals surface area (Å²) in [7, 11) is 0. The average molecular weight is 463 g/mol. The topological polar surface area (TPSA) is 23.5 Å². The van der Waals surface area contributed by atoms with Gasteiger partial charge in [0.1, 0.15) is 6.54 Å². The van der Waals surface area contributed by atoms with E-state index in [1.807, 2.05) is 0 Å². The van der Waals surface area contributed by atoms with Crippen molar-refractivity contribution in [2.45, 2.75) is 35.9 Å². The van der Waals surface area contributed by atoms with Crippen molar-refractivity contribution in [3.63, 3.8) is 0 Å². The van der Waals surface area contributed by atoms with E-state index in [1.54, 1.807) is 19.1 Å². The molecule has 0 spiro atoms. The number of aryl methyl sites for hydroxylation is 1. The van der Waals surface area contributed by atoms with Crippen LogP contribution in [0.15, 0.2) is 53.4 Å². The lowest BCUT2D eigenvalue weighted by atomic mass is 9.92. The first-order valence-corrected chi connectivity index (χ1v) is 8.87. The second-order valence-corrected chi connectivity index (χ2v) is 7.40. The van der Waals surface area contributed by atoms with Gasteiger partial charge in [-0.1, -0.05) is 29.8 Å². The van der Waals surface area contributed by atoms with Crippen molar-refractivity contribution in [3.8, 4) is 0 Å². The SMILES string of the molecule is Cc1ccc(SN(CC(F)(F)F)c2ccc(C(O)(C(F)(F)F)C(F)(F)F)cc2)cc1. The summed E-state index contributed by atoms with van der Waals surface area (Å²) in [5.74, 6) is 0. The molecule has 2 rings (SSSR count). The Bertz CT molecular complexity index is 828. The lowest BCUT2D eigenvalue weighted by Gasteiger charge is -2.33. The van der Waals surface area contributed by atoms with Gasteiger partial charge in [0.2, 0.25) is 0 Å². The molecule has 0 amide bonds. The van der Waals surface area contributed by atoms with Crippen molar-refractivity contribution in [3.05, 3.63) is 59.7 Å². The summed E-state index contributed by atoms with van der Waals surface area (Å²) >= 11 is 0.608. The zero-order chi connectivity index (χ0) is 23.0. The number of nitrogens with zero attached hydrogens (tertiary/aromatic N) is 1. The zero-order valence-electron chi connectivity index (χ0n) is 15.0. The van der Waals surface area contributed by atoms with E-state index in [2.05, 4.69) is 0 Å². The van der Waals surface area contributed by atoms with Crippen LogP contribution in [0.3, 0.4) is 0 Å². The van der Waals surface area contributed by atoms with Crippen LogP contribution in [0, 0.1) is 6.92 Å². The number of anilines is 1.